The molecule has 4 heteroatoms. The Morgan fingerprint density at radius 2 is 1.60 bits per heavy atom. The van der Waals surface area contributed by atoms with Gasteiger partial charge < -0.3 is 9.47 Å². The number of ether oxygens (including phenoxy) is 2. The van der Waals surface area contributed by atoms with Crippen LogP contribution in [0.25, 0.3) is 0 Å². The summed E-state index contributed by atoms with van der Waals surface area (Å²) in [6.07, 6.45) is 0. The molecule has 0 N–H and O–H groups in total. The van der Waals surface area contributed by atoms with E-state index >= 15 is 0 Å². The van der Waals surface area contributed by atoms with Gasteiger partial charge in [0.1, 0.15) is 23.1 Å². The normalized spacial score (nSPS) is 9.60. The molecule has 2 aromatic rings. The van der Waals surface area contributed by atoms with Crippen LogP contribution in [0.1, 0.15) is 7.43 Å². The van der Waals surface area contributed by atoms with Crippen LogP contribution in [0.2, 0.25) is 13.6 Å². The lowest BCUT2D eigenvalue weighted by molar-refractivity contribution is 0.409. The highest BCUT2D eigenvalue weighted by Crippen LogP contribution is 2.25. The van der Waals surface area contributed by atoms with Crippen molar-refractivity contribution in [1.82, 2.24) is 0 Å². The zero-order valence-corrected chi connectivity index (χ0v) is 11.3. The molecule has 0 bridgehead atoms. The standard InChI is InChI=1S/C15H16BFO2.CH4/c1-16(2)14-8-7-13(10-15(14)17)19-12-6-4-5-11(9-12)18-3;/h4-10H,1-3H3;1H4. The Labute approximate surface area is 120 Å². The topological polar surface area (TPSA) is 18.5 Å². The van der Waals surface area contributed by atoms with Gasteiger partial charge in [-0.3, -0.25) is 0 Å². The quantitative estimate of drug-likeness (QED) is 0.777. The van der Waals surface area contributed by atoms with E-state index in [0.717, 1.165) is 0 Å². The number of benzene rings is 2. The summed E-state index contributed by atoms with van der Waals surface area (Å²) in [7, 11) is 1.59. The molecule has 20 heavy (non-hydrogen) atoms. The van der Waals surface area contributed by atoms with Gasteiger partial charge >= 0.3 is 0 Å². The third-order valence-electron chi connectivity index (χ3n) is 2.87. The average molecular weight is 274 g/mol. The van der Waals surface area contributed by atoms with Gasteiger partial charge in [0.05, 0.1) is 7.11 Å². The molecule has 0 radical (unpaired) electrons. The SMILES string of the molecule is C.COc1cccc(Oc2ccc(B(C)C)c(F)c2)c1. The Kier molecular flexibility index (Phi) is 5.62. The van der Waals surface area contributed by atoms with E-state index in [2.05, 4.69) is 0 Å². The van der Waals surface area contributed by atoms with Crippen LogP contribution in [0.5, 0.6) is 17.2 Å². The summed E-state index contributed by atoms with van der Waals surface area (Å²) < 4.78 is 24.6. The van der Waals surface area contributed by atoms with E-state index in [0.29, 0.717) is 22.7 Å². The summed E-state index contributed by atoms with van der Waals surface area (Å²) >= 11 is 0. The van der Waals surface area contributed by atoms with Crippen molar-refractivity contribution in [1.29, 1.82) is 0 Å². The van der Waals surface area contributed by atoms with Crippen LogP contribution in [-0.2, 0) is 0 Å². The Morgan fingerprint density at radius 1 is 0.950 bits per heavy atom. The Morgan fingerprint density at radius 3 is 2.20 bits per heavy atom. The number of methoxy groups -OCH3 is 1. The third-order valence-corrected chi connectivity index (χ3v) is 2.87. The highest BCUT2D eigenvalue weighted by atomic mass is 19.1. The van der Waals surface area contributed by atoms with Crippen molar-refractivity contribution in [2.24, 2.45) is 0 Å². The lowest BCUT2D eigenvalue weighted by Gasteiger charge is -2.10. The number of rotatable bonds is 4. The minimum atomic E-state index is -0.240. The van der Waals surface area contributed by atoms with E-state index in [-0.39, 0.29) is 20.0 Å². The number of halogens is 1. The molecule has 0 spiro atoms. The van der Waals surface area contributed by atoms with Crippen molar-refractivity contribution < 1.29 is 13.9 Å². The molecular formula is C16H20BFO2. The summed E-state index contributed by atoms with van der Waals surface area (Å²) in [5.41, 5.74) is 0.693. The summed E-state index contributed by atoms with van der Waals surface area (Å²) in [6, 6.07) is 12.2. The number of hydrogen-bond acceptors (Lipinski definition) is 2. The summed E-state index contributed by atoms with van der Waals surface area (Å²) in [4.78, 5) is 0. The van der Waals surface area contributed by atoms with Gasteiger partial charge in [0.2, 0.25) is 0 Å². The molecule has 2 nitrogen and oxygen atoms in total. The Hall–Kier alpha value is -1.97. The second kappa shape index (κ2) is 6.99. The molecule has 0 aliphatic rings. The Bertz CT molecular complexity index is 570. The molecule has 106 valence electrons. The maximum absolute atomic E-state index is 13.8. The highest BCUT2D eigenvalue weighted by molar-refractivity contribution is 6.70. The highest BCUT2D eigenvalue weighted by Gasteiger charge is 2.10. The van der Waals surface area contributed by atoms with Crippen molar-refractivity contribution in [3.63, 3.8) is 0 Å². The first-order valence-corrected chi connectivity index (χ1v) is 6.21. The van der Waals surface area contributed by atoms with Crippen LogP contribution in [0, 0.1) is 5.82 Å². The van der Waals surface area contributed by atoms with E-state index in [4.69, 9.17) is 9.47 Å². The first-order chi connectivity index (χ1) is 9.10. The molecule has 0 aliphatic carbocycles. The fourth-order valence-electron chi connectivity index (χ4n) is 1.84. The maximum atomic E-state index is 13.8. The zero-order chi connectivity index (χ0) is 13.8. The molecule has 0 aliphatic heterocycles. The minimum absolute atomic E-state index is 0. The first kappa shape index (κ1) is 16.1. The average Bonchev–Trinajstić information content (AvgIpc) is 2.38. The van der Waals surface area contributed by atoms with Gasteiger partial charge in [-0.1, -0.05) is 33.2 Å². The summed E-state index contributed by atoms with van der Waals surface area (Å²) in [5, 5.41) is 0. The fraction of sp³-hybridized carbons (Fsp3) is 0.250. The molecule has 0 amide bonds. The van der Waals surface area contributed by atoms with Gasteiger partial charge in [-0.15, -0.1) is 0 Å². The van der Waals surface area contributed by atoms with Gasteiger partial charge in [-0.2, -0.15) is 0 Å². The van der Waals surface area contributed by atoms with E-state index in [9.17, 15) is 4.39 Å². The molecule has 0 heterocycles. The van der Waals surface area contributed by atoms with Gasteiger partial charge in [0.25, 0.3) is 0 Å². The lowest BCUT2D eigenvalue weighted by atomic mass is 9.49. The van der Waals surface area contributed by atoms with Crippen LogP contribution in [0.3, 0.4) is 0 Å². The molecule has 0 saturated carbocycles. The molecule has 2 rings (SSSR count). The van der Waals surface area contributed by atoms with Gasteiger partial charge in [-0.25, -0.2) is 4.39 Å². The Balaban J connectivity index is 0.00000200. The van der Waals surface area contributed by atoms with Gasteiger partial charge in [-0.05, 0) is 23.7 Å². The molecule has 0 fully saturated rings. The smallest absolute Gasteiger partial charge is 0.173 e. The van der Waals surface area contributed by atoms with Crippen LogP contribution < -0.4 is 14.9 Å². The van der Waals surface area contributed by atoms with Crippen LogP contribution in [0.4, 0.5) is 4.39 Å². The monoisotopic (exact) mass is 274 g/mol. The van der Waals surface area contributed by atoms with Crippen molar-refractivity contribution in [2.75, 3.05) is 7.11 Å². The van der Waals surface area contributed by atoms with Gasteiger partial charge in [0.15, 0.2) is 6.71 Å². The van der Waals surface area contributed by atoms with E-state index < -0.39 is 0 Å². The van der Waals surface area contributed by atoms with E-state index in [1.54, 1.807) is 31.4 Å². The van der Waals surface area contributed by atoms with Crippen LogP contribution in [-0.4, -0.2) is 13.8 Å². The van der Waals surface area contributed by atoms with Crippen LogP contribution in [0.15, 0.2) is 42.5 Å². The zero-order valence-electron chi connectivity index (χ0n) is 11.3. The minimum Gasteiger partial charge on any atom is -0.497 e. The third kappa shape index (κ3) is 3.76. The lowest BCUT2D eigenvalue weighted by Crippen LogP contribution is -2.25. The second-order valence-electron chi connectivity index (χ2n) is 4.62. The maximum Gasteiger partial charge on any atom is 0.173 e. The molecule has 0 unspecified atom stereocenters. The largest absolute Gasteiger partial charge is 0.497 e. The van der Waals surface area contributed by atoms with Crippen molar-refractivity contribution in [3.05, 3.63) is 48.3 Å². The predicted molar refractivity (Wildman–Crippen MR) is 83.3 cm³/mol. The summed E-state index contributed by atoms with van der Waals surface area (Å²) in [6.45, 7) is 4.08. The molecular weight excluding hydrogens is 254 g/mol. The summed E-state index contributed by atoms with van der Waals surface area (Å²) in [5.74, 6) is 1.57. The first-order valence-electron chi connectivity index (χ1n) is 6.21. The number of hydrogen-bond donors (Lipinski definition) is 0. The van der Waals surface area contributed by atoms with E-state index in [1.165, 1.54) is 6.07 Å². The van der Waals surface area contributed by atoms with Crippen LogP contribution >= 0.6 is 0 Å². The van der Waals surface area contributed by atoms with E-state index in [1.807, 2.05) is 25.8 Å². The second-order valence-corrected chi connectivity index (χ2v) is 4.62. The molecule has 2 aromatic carbocycles. The molecule has 0 atom stereocenters. The predicted octanol–water partition coefficient (Wildman–Crippen LogP) is 4.22. The van der Waals surface area contributed by atoms with Crippen molar-refractivity contribution >= 4 is 12.2 Å². The molecule has 0 saturated heterocycles. The van der Waals surface area contributed by atoms with Gasteiger partial charge in [0, 0.05) is 12.1 Å². The van der Waals surface area contributed by atoms with Crippen molar-refractivity contribution in [3.8, 4) is 17.2 Å². The fourth-order valence-corrected chi connectivity index (χ4v) is 1.84. The van der Waals surface area contributed by atoms with Crippen molar-refractivity contribution in [2.45, 2.75) is 21.1 Å². The molecule has 0 aromatic heterocycles.